The number of aromatic nitrogens is 4. The molecule has 0 atom stereocenters. The average molecular weight is 350 g/mol. The van der Waals surface area contributed by atoms with Crippen molar-refractivity contribution >= 4 is 34.1 Å². The van der Waals surface area contributed by atoms with Crippen LogP contribution in [-0.2, 0) is 0 Å². The van der Waals surface area contributed by atoms with E-state index in [0.29, 0.717) is 5.02 Å². The van der Waals surface area contributed by atoms with E-state index in [1.807, 2.05) is 30.3 Å². The van der Waals surface area contributed by atoms with E-state index in [1.54, 1.807) is 17.2 Å². The molecule has 5 nitrogen and oxygen atoms in total. The lowest BCUT2D eigenvalue weighted by Gasteiger charge is -2.09. The van der Waals surface area contributed by atoms with Gasteiger partial charge in [0.1, 0.15) is 12.1 Å². The van der Waals surface area contributed by atoms with Gasteiger partial charge in [-0.3, -0.25) is 0 Å². The average Bonchev–Trinajstić information content (AvgIpc) is 3.04. The number of benzene rings is 2. The fourth-order valence-corrected chi connectivity index (χ4v) is 2.80. The third-order valence-electron chi connectivity index (χ3n) is 4.21. The number of nitrogens with one attached hydrogen (secondary N) is 1. The van der Waals surface area contributed by atoms with Crippen molar-refractivity contribution < 1.29 is 0 Å². The summed E-state index contributed by atoms with van der Waals surface area (Å²) >= 11 is 5.97. The summed E-state index contributed by atoms with van der Waals surface area (Å²) in [7, 11) is 0. The molecule has 0 aliphatic heterocycles. The van der Waals surface area contributed by atoms with Crippen molar-refractivity contribution in [1.82, 2.24) is 19.7 Å². The highest BCUT2D eigenvalue weighted by Gasteiger charge is 2.11. The smallest absolute Gasteiger partial charge is 0.168 e. The van der Waals surface area contributed by atoms with Crippen molar-refractivity contribution in [2.24, 2.45) is 0 Å². The van der Waals surface area contributed by atoms with Crippen molar-refractivity contribution in [3.8, 4) is 5.69 Å². The monoisotopic (exact) mass is 349 g/mol. The van der Waals surface area contributed by atoms with E-state index in [-0.39, 0.29) is 0 Å². The Kier molecular flexibility index (Phi) is 3.86. The molecule has 1 N–H and O–H groups in total. The van der Waals surface area contributed by atoms with E-state index in [4.69, 9.17) is 11.6 Å². The Balaban J connectivity index is 1.76. The number of anilines is 2. The van der Waals surface area contributed by atoms with Gasteiger partial charge in [0, 0.05) is 10.7 Å². The van der Waals surface area contributed by atoms with Crippen LogP contribution in [0.1, 0.15) is 11.1 Å². The topological polar surface area (TPSA) is 55.6 Å². The molecule has 2 aromatic heterocycles. The quantitative estimate of drug-likeness (QED) is 0.575. The van der Waals surface area contributed by atoms with Gasteiger partial charge in [-0.15, -0.1) is 0 Å². The predicted octanol–water partition coefficient (Wildman–Crippen LogP) is 4.83. The first kappa shape index (κ1) is 15.6. The van der Waals surface area contributed by atoms with Gasteiger partial charge in [-0.1, -0.05) is 17.7 Å². The van der Waals surface area contributed by atoms with Crippen molar-refractivity contribution in [2.75, 3.05) is 5.32 Å². The van der Waals surface area contributed by atoms with Gasteiger partial charge >= 0.3 is 0 Å². The lowest BCUT2D eigenvalue weighted by molar-refractivity contribution is 0.895. The highest BCUT2D eigenvalue weighted by atomic mass is 35.5. The van der Waals surface area contributed by atoms with Crippen LogP contribution in [0, 0.1) is 13.8 Å². The highest BCUT2D eigenvalue weighted by Crippen LogP contribution is 2.25. The Morgan fingerprint density at radius 2 is 1.76 bits per heavy atom. The number of hydrogen-bond donors (Lipinski definition) is 1. The van der Waals surface area contributed by atoms with Gasteiger partial charge in [-0.05, 0) is 61.4 Å². The van der Waals surface area contributed by atoms with E-state index in [1.165, 1.54) is 11.1 Å². The Morgan fingerprint density at radius 3 is 2.52 bits per heavy atom. The first-order chi connectivity index (χ1) is 12.1. The Hall–Kier alpha value is -2.92. The first-order valence-electron chi connectivity index (χ1n) is 7.91. The van der Waals surface area contributed by atoms with Crippen LogP contribution in [0.4, 0.5) is 11.5 Å². The Labute approximate surface area is 150 Å². The van der Waals surface area contributed by atoms with Crippen LogP contribution in [0.25, 0.3) is 16.7 Å². The van der Waals surface area contributed by atoms with E-state index in [2.05, 4.69) is 46.4 Å². The lowest BCUT2D eigenvalue weighted by Crippen LogP contribution is -1.99. The zero-order valence-electron chi connectivity index (χ0n) is 13.9. The number of halogens is 1. The normalized spacial score (nSPS) is 11.0. The number of fused-ring (bicyclic) bond motifs is 1. The molecule has 2 heterocycles. The zero-order valence-corrected chi connectivity index (χ0v) is 14.6. The van der Waals surface area contributed by atoms with Crippen molar-refractivity contribution in [1.29, 1.82) is 0 Å². The number of aryl methyl sites for hydroxylation is 2. The van der Waals surface area contributed by atoms with Gasteiger partial charge in [0.15, 0.2) is 5.65 Å². The van der Waals surface area contributed by atoms with E-state index < -0.39 is 0 Å². The third kappa shape index (κ3) is 2.94. The second kappa shape index (κ2) is 6.18. The van der Waals surface area contributed by atoms with Crippen LogP contribution in [0.2, 0.25) is 5.02 Å². The molecule has 2 aromatic carbocycles. The summed E-state index contributed by atoms with van der Waals surface area (Å²) in [5, 5.41) is 9.37. The summed E-state index contributed by atoms with van der Waals surface area (Å²) in [6.45, 7) is 4.19. The van der Waals surface area contributed by atoms with Crippen LogP contribution >= 0.6 is 11.6 Å². The molecular weight excluding hydrogens is 334 g/mol. The SMILES string of the molecule is Cc1ccc(Nc2ncnc3c2cnn3-c2ccc(Cl)cc2)cc1C. The van der Waals surface area contributed by atoms with Gasteiger partial charge in [0.2, 0.25) is 0 Å². The maximum Gasteiger partial charge on any atom is 0.168 e. The Morgan fingerprint density at radius 1 is 0.960 bits per heavy atom. The van der Waals surface area contributed by atoms with Crippen molar-refractivity contribution in [3.63, 3.8) is 0 Å². The molecule has 0 radical (unpaired) electrons. The van der Waals surface area contributed by atoms with E-state index in [0.717, 1.165) is 28.2 Å². The summed E-state index contributed by atoms with van der Waals surface area (Å²) in [4.78, 5) is 8.77. The molecule has 0 aliphatic carbocycles. The van der Waals surface area contributed by atoms with Gasteiger partial charge < -0.3 is 5.32 Å². The molecule has 124 valence electrons. The molecule has 0 bridgehead atoms. The van der Waals surface area contributed by atoms with E-state index >= 15 is 0 Å². The molecule has 4 rings (SSSR count). The van der Waals surface area contributed by atoms with Crippen LogP contribution in [0.5, 0.6) is 0 Å². The molecule has 25 heavy (non-hydrogen) atoms. The minimum Gasteiger partial charge on any atom is -0.340 e. The maximum atomic E-state index is 5.97. The van der Waals surface area contributed by atoms with Crippen molar-refractivity contribution in [3.05, 3.63) is 71.1 Å². The zero-order chi connectivity index (χ0) is 17.4. The van der Waals surface area contributed by atoms with Crippen LogP contribution in [0.3, 0.4) is 0 Å². The summed E-state index contributed by atoms with van der Waals surface area (Å²) in [5.74, 6) is 0.730. The largest absolute Gasteiger partial charge is 0.340 e. The predicted molar refractivity (Wildman–Crippen MR) is 101 cm³/mol. The molecule has 0 amide bonds. The van der Waals surface area contributed by atoms with E-state index in [9.17, 15) is 0 Å². The molecule has 0 saturated heterocycles. The molecule has 0 unspecified atom stereocenters. The summed E-state index contributed by atoms with van der Waals surface area (Å²) in [6.07, 6.45) is 3.31. The lowest BCUT2D eigenvalue weighted by atomic mass is 10.1. The van der Waals surface area contributed by atoms with Gasteiger partial charge in [-0.25, -0.2) is 14.6 Å². The maximum absolute atomic E-state index is 5.97. The van der Waals surface area contributed by atoms with Crippen molar-refractivity contribution in [2.45, 2.75) is 13.8 Å². The second-order valence-electron chi connectivity index (χ2n) is 5.92. The molecule has 4 aromatic rings. The number of hydrogen-bond acceptors (Lipinski definition) is 4. The molecule has 6 heteroatoms. The standard InChI is InChI=1S/C19H16ClN5/c1-12-3-6-15(9-13(12)2)24-18-17-10-23-25(19(17)22-11-21-18)16-7-4-14(20)5-8-16/h3-11H,1-2H3,(H,21,22,24). The summed E-state index contributed by atoms with van der Waals surface area (Å²) in [6, 6.07) is 13.7. The molecule has 0 fully saturated rings. The Bertz CT molecular complexity index is 1050. The fraction of sp³-hybridized carbons (Fsp3) is 0.105. The minimum atomic E-state index is 0.687. The number of rotatable bonds is 3. The molecule has 0 saturated carbocycles. The minimum absolute atomic E-state index is 0.687. The molecule has 0 spiro atoms. The van der Waals surface area contributed by atoms with Crippen LogP contribution in [-0.4, -0.2) is 19.7 Å². The second-order valence-corrected chi connectivity index (χ2v) is 6.35. The molecular formula is C19H16ClN5. The summed E-state index contributed by atoms with van der Waals surface area (Å²) in [5.41, 5.74) is 5.11. The van der Waals surface area contributed by atoms with Gasteiger partial charge in [0.25, 0.3) is 0 Å². The van der Waals surface area contributed by atoms with Gasteiger partial charge in [-0.2, -0.15) is 5.10 Å². The molecule has 0 aliphatic rings. The van der Waals surface area contributed by atoms with Gasteiger partial charge in [0.05, 0.1) is 17.3 Å². The van der Waals surface area contributed by atoms with Crippen LogP contribution < -0.4 is 5.32 Å². The number of nitrogens with zero attached hydrogens (tertiary/aromatic N) is 4. The van der Waals surface area contributed by atoms with Crippen LogP contribution in [0.15, 0.2) is 55.0 Å². The summed E-state index contributed by atoms with van der Waals surface area (Å²) < 4.78 is 1.78. The fourth-order valence-electron chi connectivity index (χ4n) is 2.67. The third-order valence-corrected chi connectivity index (χ3v) is 4.46. The first-order valence-corrected chi connectivity index (χ1v) is 8.28. The highest BCUT2D eigenvalue weighted by molar-refractivity contribution is 6.30.